The average Bonchev–Trinajstić information content (AvgIpc) is 3.01. The van der Waals surface area contributed by atoms with Crippen LogP contribution in [-0.2, 0) is 9.53 Å². The van der Waals surface area contributed by atoms with Crippen LogP contribution in [0.2, 0.25) is 0 Å². The second-order valence-corrected chi connectivity index (χ2v) is 5.23. The van der Waals surface area contributed by atoms with Gasteiger partial charge in [0.2, 0.25) is 0 Å². The van der Waals surface area contributed by atoms with E-state index in [1.165, 1.54) is 6.08 Å². The monoisotopic (exact) mass is 309 g/mol. The molecule has 5 heteroatoms. The van der Waals surface area contributed by atoms with Crippen LogP contribution in [0.1, 0.15) is 30.9 Å². The summed E-state index contributed by atoms with van der Waals surface area (Å²) in [6.07, 6.45) is 4.81. The highest BCUT2D eigenvalue weighted by atomic mass is 16.5. The average molecular weight is 309 g/mol. The van der Waals surface area contributed by atoms with Crippen molar-refractivity contribution in [3.63, 3.8) is 0 Å². The Morgan fingerprint density at radius 1 is 1.39 bits per heavy atom. The van der Waals surface area contributed by atoms with Gasteiger partial charge in [0.1, 0.15) is 11.6 Å². The van der Waals surface area contributed by atoms with Gasteiger partial charge in [0.25, 0.3) is 0 Å². The number of carbonyl (C=O) groups excluding carboxylic acids is 1. The number of aryl methyl sites for hydroxylation is 1. The third kappa shape index (κ3) is 4.30. The van der Waals surface area contributed by atoms with E-state index in [9.17, 15) is 10.1 Å². The molecule has 0 fully saturated rings. The van der Waals surface area contributed by atoms with E-state index in [0.717, 1.165) is 29.7 Å². The molecule has 0 atom stereocenters. The van der Waals surface area contributed by atoms with E-state index in [-0.39, 0.29) is 5.57 Å². The third-order valence-corrected chi connectivity index (χ3v) is 3.38. The minimum Gasteiger partial charge on any atom is -0.462 e. The van der Waals surface area contributed by atoms with E-state index in [4.69, 9.17) is 4.74 Å². The van der Waals surface area contributed by atoms with Crippen molar-refractivity contribution >= 4 is 12.0 Å². The van der Waals surface area contributed by atoms with Crippen molar-refractivity contribution < 1.29 is 9.53 Å². The number of ether oxygens (including phenoxy) is 1. The van der Waals surface area contributed by atoms with Gasteiger partial charge in [-0.3, -0.25) is 5.10 Å². The van der Waals surface area contributed by atoms with Crippen molar-refractivity contribution in [2.45, 2.75) is 26.7 Å². The first-order valence-corrected chi connectivity index (χ1v) is 7.55. The maximum absolute atomic E-state index is 11.9. The van der Waals surface area contributed by atoms with Crippen molar-refractivity contribution in [1.29, 1.82) is 5.26 Å². The van der Waals surface area contributed by atoms with Gasteiger partial charge in [-0.2, -0.15) is 10.4 Å². The van der Waals surface area contributed by atoms with Crippen molar-refractivity contribution in [3.05, 3.63) is 47.2 Å². The number of nitriles is 1. The topological polar surface area (TPSA) is 78.8 Å². The summed E-state index contributed by atoms with van der Waals surface area (Å²) >= 11 is 0. The minimum atomic E-state index is -0.600. The van der Waals surface area contributed by atoms with Crippen LogP contribution in [0.5, 0.6) is 0 Å². The molecule has 5 nitrogen and oxygen atoms in total. The van der Waals surface area contributed by atoms with Crippen LogP contribution in [0.15, 0.2) is 36.0 Å². The highest BCUT2D eigenvalue weighted by Gasteiger charge is 2.13. The lowest BCUT2D eigenvalue weighted by Gasteiger charge is -2.03. The van der Waals surface area contributed by atoms with Crippen molar-refractivity contribution in [2.75, 3.05) is 6.61 Å². The Bertz CT molecular complexity index is 736. The van der Waals surface area contributed by atoms with E-state index in [0.29, 0.717) is 12.2 Å². The Balaban J connectivity index is 2.24. The van der Waals surface area contributed by atoms with E-state index >= 15 is 0 Å². The van der Waals surface area contributed by atoms with Crippen molar-refractivity contribution in [3.8, 4) is 17.3 Å². The van der Waals surface area contributed by atoms with Crippen LogP contribution >= 0.6 is 0 Å². The number of H-pyrrole nitrogens is 1. The molecule has 0 spiro atoms. The molecule has 0 radical (unpaired) electrons. The third-order valence-electron chi connectivity index (χ3n) is 3.38. The van der Waals surface area contributed by atoms with Gasteiger partial charge >= 0.3 is 5.97 Å². The van der Waals surface area contributed by atoms with E-state index in [1.807, 2.05) is 44.2 Å². The number of unbranched alkanes of at least 4 members (excludes halogenated alkanes) is 1. The van der Waals surface area contributed by atoms with Crippen molar-refractivity contribution in [2.24, 2.45) is 0 Å². The number of aromatic amines is 1. The van der Waals surface area contributed by atoms with E-state index in [2.05, 4.69) is 10.2 Å². The van der Waals surface area contributed by atoms with Gasteiger partial charge in [-0.1, -0.05) is 43.2 Å². The maximum atomic E-state index is 11.9. The number of carbonyl (C=O) groups is 1. The van der Waals surface area contributed by atoms with Crippen LogP contribution in [0.3, 0.4) is 0 Å². The highest BCUT2D eigenvalue weighted by molar-refractivity contribution is 5.98. The Morgan fingerprint density at radius 2 is 2.13 bits per heavy atom. The fourth-order valence-corrected chi connectivity index (χ4v) is 2.04. The minimum absolute atomic E-state index is 0.0316. The zero-order valence-electron chi connectivity index (χ0n) is 13.3. The number of esters is 1. The number of aromatic nitrogens is 2. The van der Waals surface area contributed by atoms with Crippen LogP contribution in [0.25, 0.3) is 17.3 Å². The number of hydrogen-bond donors (Lipinski definition) is 1. The van der Waals surface area contributed by atoms with E-state index in [1.54, 1.807) is 6.20 Å². The lowest BCUT2D eigenvalue weighted by Crippen LogP contribution is -2.07. The molecule has 1 N–H and O–H groups in total. The molecular formula is C18H19N3O2. The summed E-state index contributed by atoms with van der Waals surface area (Å²) in [5, 5.41) is 16.1. The summed E-state index contributed by atoms with van der Waals surface area (Å²) in [5.74, 6) is -0.600. The number of nitrogens with zero attached hydrogens (tertiary/aromatic N) is 2. The molecule has 2 aromatic rings. The molecule has 2 rings (SSSR count). The fourth-order valence-electron chi connectivity index (χ4n) is 2.04. The fraction of sp³-hybridized carbons (Fsp3) is 0.278. The quantitative estimate of drug-likeness (QED) is 0.382. The van der Waals surface area contributed by atoms with Crippen LogP contribution in [-0.4, -0.2) is 22.8 Å². The number of hydrogen-bond acceptors (Lipinski definition) is 4. The number of rotatable bonds is 6. The molecule has 0 saturated heterocycles. The van der Waals surface area contributed by atoms with Gasteiger partial charge < -0.3 is 4.74 Å². The molecule has 0 saturated carbocycles. The Hall–Kier alpha value is -2.87. The maximum Gasteiger partial charge on any atom is 0.348 e. The normalized spacial score (nSPS) is 11.1. The van der Waals surface area contributed by atoms with Crippen LogP contribution < -0.4 is 0 Å². The summed E-state index contributed by atoms with van der Waals surface area (Å²) in [6.45, 7) is 4.34. The lowest BCUT2D eigenvalue weighted by atomic mass is 10.0. The molecule has 1 aromatic heterocycles. The second-order valence-electron chi connectivity index (χ2n) is 5.23. The van der Waals surface area contributed by atoms with Crippen LogP contribution in [0.4, 0.5) is 0 Å². The Kier molecular flexibility index (Phi) is 5.70. The lowest BCUT2D eigenvalue weighted by molar-refractivity contribution is -0.138. The smallest absolute Gasteiger partial charge is 0.348 e. The van der Waals surface area contributed by atoms with Gasteiger partial charge in [0.15, 0.2) is 0 Å². The molecule has 1 heterocycles. The van der Waals surface area contributed by atoms with Crippen LogP contribution in [0, 0.1) is 18.3 Å². The largest absolute Gasteiger partial charge is 0.462 e. The molecule has 0 aliphatic rings. The summed E-state index contributed by atoms with van der Waals surface area (Å²) in [5.41, 5.74) is 3.51. The number of benzene rings is 1. The number of nitrogens with one attached hydrogen (secondary N) is 1. The summed E-state index contributed by atoms with van der Waals surface area (Å²) < 4.78 is 5.09. The molecule has 0 unspecified atom stereocenters. The summed E-state index contributed by atoms with van der Waals surface area (Å²) in [7, 11) is 0. The van der Waals surface area contributed by atoms with Gasteiger partial charge in [0.05, 0.1) is 18.5 Å². The standard InChI is InChI=1S/C18H19N3O2/c1-3-4-9-23-18(22)15(11-19)10-16-12-20-21-17(16)14-7-5-13(2)6-8-14/h5-8,10,12H,3-4,9H2,1-2H3,(H,20,21). The summed E-state index contributed by atoms with van der Waals surface area (Å²) in [6, 6.07) is 9.82. The Labute approximate surface area is 135 Å². The SMILES string of the molecule is CCCCOC(=O)C(C#N)=Cc1cn[nH]c1-c1ccc(C)cc1. The van der Waals surface area contributed by atoms with Gasteiger partial charge in [-0.15, -0.1) is 0 Å². The van der Waals surface area contributed by atoms with Gasteiger partial charge in [-0.25, -0.2) is 4.79 Å². The predicted octanol–water partition coefficient (Wildman–Crippen LogP) is 3.64. The summed E-state index contributed by atoms with van der Waals surface area (Å²) in [4.78, 5) is 11.9. The van der Waals surface area contributed by atoms with Gasteiger partial charge in [-0.05, 0) is 19.4 Å². The zero-order chi connectivity index (χ0) is 16.7. The van der Waals surface area contributed by atoms with Gasteiger partial charge in [0, 0.05) is 11.1 Å². The Morgan fingerprint density at radius 3 is 2.78 bits per heavy atom. The molecule has 0 bridgehead atoms. The molecule has 23 heavy (non-hydrogen) atoms. The first-order valence-electron chi connectivity index (χ1n) is 7.55. The predicted molar refractivity (Wildman–Crippen MR) is 88.2 cm³/mol. The first kappa shape index (κ1) is 16.5. The molecule has 0 aliphatic carbocycles. The molecule has 1 aromatic carbocycles. The van der Waals surface area contributed by atoms with Crippen molar-refractivity contribution in [1.82, 2.24) is 10.2 Å². The molecule has 118 valence electrons. The second kappa shape index (κ2) is 7.95. The molecule has 0 aliphatic heterocycles. The first-order chi connectivity index (χ1) is 11.2. The highest BCUT2D eigenvalue weighted by Crippen LogP contribution is 2.23. The zero-order valence-corrected chi connectivity index (χ0v) is 13.3. The molecular weight excluding hydrogens is 290 g/mol. The van der Waals surface area contributed by atoms with E-state index < -0.39 is 5.97 Å². The molecule has 0 amide bonds.